The summed E-state index contributed by atoms with van der Waals surface area (Å²) in [4.78, 5) is 29.6. The highest BCUT2D eigenvalue weighted by molar-refractivity contribution is 6.35. The molecule has 1 aliphatic rings. The summed E-state index contributed by atoms with van der Waals surface area (Å²) in [6.07, 6.45) is 2.63. The maximum absolute atomic E-state index is 12.8. The molecule has 138 valence electrons. The van der Waals surface area contributed by atoms with Crippen molar-refractivity contribution < 1.29 is 9.59 Å². The third kappa shape index (κ3) is 3.86. The lowest BCUT2D eigenvalue weighted by Crippen LogP contribution is -2.31. The van der Waals surface area contributed by atoms with E-state index in [-0.39, 0.29) is 17.8 Å². The second kappa shape index (κ2) is 7.68. The lowest BCUT2D eigenvalue weighted by atomic mass is 10.1. The first kappa shape index (κ1) is 18.7. The van der Waals surface area contributed by atoms with Crippen molar-refractivity contribution in [2.24, 2.45) is 0 Å². The van der Waals surface area contributed by atoms with E-state index in [1.54, 1.807) is 18.2 Å². The van der Waals surface area contributed by atoms with Crippen molar-refractivity contribution in [1.82, 2.24) is 14.9 Å². The first-order chi connectivity index (χ1) is 12.4. The van der Waals surface area contributed by atoms with E-state index in [0.29, 0.717) is 28.0 Å². The number of rotatable bonds is 4. The van der Waals surface area contributed by atoms with Crippen molar-refractivity contribution in [2.75, 3.05) is 5.32 Å². The van der Waals surface area contributed by atoms with Crippen LogP contribution in [0.4, 0.5) is 5.69 Å². The van der Waals surface area contributed by atoms with E-state index in [1.165, 1.54) is 0 Å². The van der Waals surface area contributed by atoms with Gasteiger partial charge in [0, 0.05) is 17.6 Å². The fraction of sp³-hybridized carbons (Fsp3) is 0.389. The van der Waals surface area contributed by atoms with Gasteiger partial charge in [-0.05, 0) is 51.3 Å². The molecule has 0 saturated heterocycles. The summed E-state index contributed by atoms with van der Waals surface area (Å²) in [5.41, 5.74) is 1.53. The molecule has 2 N–H and O–H groups in total. The summed E-state index contributed by atoms with van der Waals surface area (Å²) in [5.74, 6) is -0.462. The minimum atomic E-state index is -0.416. The Labute approximate surface area is 161 Å². The molecule has 0 radical (unpaired) electrons. The Bertz CT molecular complexity index is 861. The molecule has 3 rings (SSSR count). The van der Waals surface area contributed by atoms with E-state index in [9.17, 15) is 9.59 Å². The number of nitrogens with one attached hydrogen (secondary N) is 2. The summed E-state index contributed by atoms with van der Waals surface area (Å²) in [5, 5.41) is 6.43. The number of carbonyl (C=O) groups is 2. The zero-order valence-electron chi connectivity index (χ0n) is 14.6. The Morgan fingerprint density at radius 1 is 1.19 bits per heavy atom. The van der Waals surface area contributed by atoms with Gasteiger partial charge in [0.2, 0.25) is 0 Å². The summed E-state index contributed by atoms with van der Waals surface area (Å²) in [7, 11) is 0. The monoisotopic (exact) mass is 394 g/mol. The number of amides is 2. The Hall–Kier alpha value is -2.05. The molecule has 0 bridgehead atoms. The minimum absolute atomic E-state index is 0.00835. The second-order valence-electron chi connectivity index (χ2n) is 6.55. The van der Waals surface area contributed by atoms with E-state index >= 15 is 0 Å². The van der Waals surface area contributed by atoms with Gasteiger partial charge in [0.1, 0.15) is 5.69 Å². The molecular formula is C18H20Cl2N4O2. The predicted molar refractivity (Wildman–Crippen MR) is 102 cm³/mol. The first-order valence-electron chi connectivity index (χ1n) is 8.53. The van der Waals surface area contributed by atoms with Gasteiger partial charge in [-0.3, -0.25) is 9.59 Å². The van der Waals surface area contributed by atoms with Crippen LogP contribution in [0, 0.1) is 0 Å². The number of carbonyl (C=O) groups excluding carboxylic acids is 2. The molecule has 1 aromatic carbocycles. The van der Waals surface area contributed by atoms with E-state index in [0.717, 1.165) is 25.0 Å². The predicted octanol–water partition coefficient (Wildman–Crippen LogP) is 3.92. The lowest BCUT2D eigenvalue weighted by molar-refractivity contribution is 0.0937. The quantitative estimate of drug-likeness (QED) is 0.824. The van der Waals surface area contributed by atoms with Gasteiger partial charge in [-0.15, -0.1) is 0 Å². The first-order valence-corrected chi connectivity index (χ1v) is 9.29. The smallest absolute Gasteiger partial charge is 0.291 e. The summed E-state index contributed by atoms with van der Waals surface area (Å²) in [6, 6.07) is 4.83. The van der Waals surface area contributed by atoms with Crippen LogP contribution >= 0.6 is 23.2 Å². The standard InChI is InChI=1S/C18H20Cl2N4O2/c1-10(2)21-17(25)15-14-5-3-4-8-24(14)16(23-15)18(26)22-13-9-11(19)6-7-12(13)20/h6-7,9-10H,3-5,8H2,1-2H3,(H,21,25)(H,22,26). The zero-order valence-corrected chi connectivity index (χ0v) is 16.1. The van der Waals surface area contributed by atoms with Gasteiger partial charge >= 0.3 is 0 Å². The normalized spacial score (nSPS) is 13.4. The van der Waals surface area contributed by atoms with Gasteiger partial charge in [0.15, 0.2) is 5.82 Å². The summed E-state index contributed by atoms with van der Waals surface area (Å²) >= 11 is 12.1. The van der Waals surface area contributed by atoms with Crippen LogP contribution in [0.3, 0.4) is 0 Å². The molecule has 2 amide bonds. The molecule has 6 nitrogen and oxygen atoms in total. The Morgan fingerprint density at radius 3 is 2.69 bits per heavy atom. The molecule has 8 heteroatoms. The van der Waals surface area contributed by atoms with Gasteiger partial charge in [0.25, 0.3) is 11.8 Å². The summed E-state index contributed by atoms with van der Waals surface area (Å²) in [6.45, 7) is 4.42. The van der Waals surface area contributed by atoms with E-state index < -0.39 is 5.91 Å². The average molecular weight is 395 g/mol. The second-order valence-corrected chi connectivity index (χ2v) is 7.39. The number of imidazole rings is 1. The number of hydrogen-bond acceptors (Lipinski definition) is 3. The number of hydrogen-bond donors (Lipinski definition) is 2. The van der Waals surface area contributed by atoms with Crippen LogP contribution in [-0.4, -0.2) is 27.4 Å². The molecular weight excluding hydrogens is 375 g/mol. The molecule has 0 saturated carbocycles. The van der Waals surface area contributed by atoms with Crippen molar-refractivity contribution in [1.29, 1.82) is 0 Å². The molecule has 0 spiro atoms. The number of aromatic nitrogens is 2. The largest absolute Gasteiger partial charge is 0.348 e. The zero-order chi connectivity index (χ0) is 18.8. The highest BCUT2D eigenvalue weighted by atomic mass is 35.5. The SMILES string of the molecule is CC(C)NC(=O)c1nc(C(=O)Nc2cc(Cl)ccc2Cl)n2c1CCCC2. The highest BCUT2D eigenvalue weighted by Crippen LogP contribution is 2.27. The Balaban J connectivity index is 1.94. The van der Waals surface area contributed by atoms with E-state index in [1.807, 2.05) is 18.4 Å². The van der Waals surface area contributed by atoms with E-state index in [4.69, 9.17) is 23.2 Å². The minimum Gasteiger partial charge on any atom is -0.348 e. The molecule has 26 heavy (non-hydrogen) atoms. The summed E-state index contributed by atoms with van der Waals surface area (Å²) < 4.78 is 1.83. The maximum atomic E-state index is 12.8. The van der Waals surface area contributed by atoms with Crippen LogP contribution in [0.25, 0.3) is 0 Å². The fourth-order valence-corrected chi connectivity index (χ4v) is 3.34. The Kier molecular flexibility index (Phi) is 5.53. The van der Waals surface area contributed by atoms with Gasteiger partial charge in [-0.25, -0.2) is 4.98 Å². The molecule has 0 unspecified atom stereocenters. The van der Waals surface area contributed by atoms with Crippen molar-refractivity contribution in [3.8, 4) is 0 Å². The van der Waals surface area contributed by atoms with Crippen molar-refractivity contribution >= 4 is 40.7 Å². The van der Waals surface area contributed by atoms with Crippen molar-refractivity contribution in [2.45, 2.75) is 45.7 Å². The third-order valence-corrected chi connectivity index (χ3v) is 4.70. The molecule has 1 aliphatic heterocycles. The van der Waals surface area contributed by atoms with Crippen LogP contribution in [0.1, 0.15) is 53.5 Å². The van der Waals surface area contributed by atoms with Gasteiger partial charge in [-0.1, -0.05) is 23.2 Å². The number of fused-ring (bicyclic) bond motifs is 1. The fourth-order valence-electron chi connectivity index (χ4n) is 3.00. The Morgan fingerprint density at radius 2 is 1.96 bits per heavy atom. The van der Waals surface area contributed by atoms with Crippen LogP contribution in [0.2, 0.25) is 10.0 Å². The molecule has 2 heterocycles. The number of anilines is 1. The molecule has 1 aromatic heterocycles. The molecule has 0 atom stereocenters. The van der Waals surface area contributed by atoms with Crippen molar-refractivity contribution in [3.63, 3.8) is 0 Å². The molecule has 0 aliphatic carbocycles. The topological polar surface area (TPSA) is 76.0 Å². The number of halogens is 2. The van der Waals surface area contributed by atoms with E-state index in [2.05, 4.69) is 15.6 Å². The van der Waals surface area contributed by atoms with Crippen LogP contribution in [-0.2, 0) is 13.0 Å². The van der Waals surface area contributed by atoms with Gasteiger partial charge in [0.05, 0.1) is 16.4 Å². The van der Waals surface area contributed by atoms with Crippen LogP contribution < -0.4 is 10.6 Å². The highest BCUT2D eigenvalue weighted by Gasteiger charge is 2.28. The average Bonchev–Trinajstić information content (AvgIpc) is 2.97. The number of nitrogens with zero attached hydrogens (tertiary/aromatic N) is 2. The van der Waals surface area contributed by atoms with Crippen LogP contribution in [0.5, 0.6) is 0 Å². The van der Waals surface area contributed by atoms with Gasteiger partial charge < -0.3 is 15.2 Å². The third-order valence-electron chi connectivity index (χ3n) is 4.13. The number of benzene rings is 1. The van der Waals surface area contributed by atoms with Gasteiger partial charge in [-0.2, -0.15) is 0 Å². The molecule has 0 fully saturated rings. The van der Waals surface area contributed by atoms with Crippen molar-refractivity contribution in [3.05, 3.63) is 45.5 Å². The lowest BCUT2D eigenvalue weighted by Gasteiger charge is -2.17. The maximum Gasteiger partial charge on any atom is 0.291 e. The molecule has 2 aromatic rings. The van der Waals surface area contributed by atoms with Crippen LogP contribution in [0.15, 0.2) is 18.2 Å².